The number of benzene rings is 1. The topological polar surface area (TPSA) is 83.8 Å². The van der Waals surface area contributed by atoms with Gasteiger partial charge in [-0.1, -0.05) is 0 Å². The molecule has 5 heteroatoms. The molecule has 0 spiro atoms. The highest BCUT2D eigenvalue weighted by molar-refractivity contribution is 5.90. The van der Waals surface area contributed by atoms with Crippen LogP contribution in [-0.4, -0.2) is 29.3 Å². The van der Waals surface area contributed by atoms with Crippen LogP contribution >= 0.6 is 0 Å². The second-order valence-electron chi connectivity index (χ2n) is 2.93. The van der Waals surface area contributed by atoms with E-state index in [1.54, 1.807) is 0 Å². The first kappa shape index (κ1) is 11.8. The second kappa shape index (κ2) is 4.97. The van der Waals surface area contributed by atoms with Crippen molar-refractivity contribution in [3.8, 4) is 5.75 Å². The van der Waals surface area contributed by atoms with E-state index in [4.69, 9.17) is 14.9 Å². The Bertz CT molecular complexity index is 448. The van der Waals surface area contributed by atoms with Gasteiger partial charge in [-0.3, -0.25) is 0 Å². The van der Waals surface area contributed by atoms with Gasteiger partial charge in [0.1, 0.15) is 5.75 Å². The van der Waals surface area contributed by atoms with E-state index in [-0.39, 0.29) is 5.56 Å². The van der Waals surface area contributed by atoms with Crippen LogP contribution in [0.25, 0.3) is 6.08 Å². The molecule has 0 unspecified atom stereocenters. The van der Waals surface area contributed by atoms with Crippen LogP contribution in [0.5, 0.6) is 5.75 Å². The normalized spacial score (nSPS) is 10.3. The number of ether oxygens (including phenoxy) is 1. The predicted octanol–water partition coefficient (Wildman–Crippen LogP) is 1.49. The summed E-state index contributed by atoms with van der Waals surface area (Å²) in [5.74, 6) is -1.77. The zero-order valence-electron chi connectivity index (χ0n) is 8.51. The minimum absolute atomic E-state index is 0.0749. The van der Waals surface area contributed by atoms with Gasteiger partial charge in [-0.25, -0.2) is 9.59 Å². The van der Waals surface area contributed by atoms with Crippen LogP contribution < -0.4 is 4.74 Å². The molecule has 1 aromatic rings. The second-order valence-corrected chi connectivity index (χ2v) is 2.93. The van der Waals surface area contributed by atoms with Gasteiger partial charge in [0, 0.05) is 11.6 Å². The maximum absolute atomic E-state index is 10.7. The van der Waals surface area contributed by atoms with Crippen molar-refractivity contribution >= 4 is 18.0 Å². The quantitative estimate of drug-likeness (QED) is 0.754. The smallest absolute Gasteiger partial charge is 0.335 e. The van der Waals surface area contributed by atoms with Gasteiger partial charge in [0.05, 0.1) is 12.7 Å². The van der Waals surface area contributed by atoms with Crippen LogP contribution in [0.4, 0.5) is 0 Å². The number of carboxylic acid groups (broad SMARTS) is 2. The summed E-state index contributed by atoms with van der Waals surface area (Å²) in [6.45, 7) is 0. The molecule has 2 N–H and O–H groups in total. The average Bonchev–Trinajstić information content (AvgIpc) is 2.25. The average molecular weight is 222 g/mol. The summed E-state index contributed by atoms with van der Waals surface area (Å²) in [4.78, 5) is 21.1. The summed E-state index contributed by atoms with van der Waals surface area (Å²) in [5, 5.41) is 17.2. The molecule has 0 saturated carbocycles. The Morgan fingerprint density at radius 3 is 2.50 bits per heavy atom. The minimum atomic E-state index is -1.11. The summed E-state index contributed by atoms with van der Waals surface area (Å²) in [6, 6.07) is 4.21. The zero-order valence-corrected chi connectivity index (χ0v) is 8.51. The van der Waals surface area contributed by atoms with Crippen molar-refractivity contribution in [1.29, 1.82) is 0 Å². The highest BCUT2D eigenvalue weighted by Crippen LogP contribution is 2.21. The van der Waals surface area contributed by atoms with E-state index < -0.39 is 11.9 Å². The van der Waals surface area contributed by atoms with Gasteiger partial charge < -0.3 is 14.9 Å². The molecule has 0 radical (unpaired) electrons. The molecule has 0 amide bonds. The van der Waals surface area contributed by atoms with Gasteiger partial charge in [0.2, 0.25) is 0 Å². The lowest BCUT2D eigenvalue weighted by Gasteiger charge is -2.05. The summed E-state index contributed by atoms with van der Waals surface area (Å²) >= 11 is 0. The third-order valence-electron chi connectivity index (χ3n) is 1.88. The fourth-order valence-electron chi connectivity index (χ4n) is 1.16. The fourth-order valence-corrected chi connectivity index (χ4v) is 1.16. The van der Waals surface area contributed by atoms with Gasteiger partial charge in [-0.2, -0.15) is 0 Å². The molecule has 0 aliphatic heterocycles. The number of aromatic carboxylic acids is 1. The van der Waals surface area contributed by atoms with Gasteiger partial charge in [0.25, 0.3) is 0 Å². The molecule has 1 rings (SSSR count). The molecule has 5 nitrogen and oxygen atoms in total. The molecule has 0 fully saturated rings. The lowest BCUT2D eigenvalue weighted by atomic mass is 10.1. The van der Waals surface area contributed by atoms with Crippen molar-refractivity contribution in [3.05, 3.63) is 35.4 Å². The number of hydrogen-bond acceptors (Lipinski definition) is 3. The molecule has 1 aromatic carbocycles. The molecule has 84 valence electrons. The number of carboxylic acids is 2. The Morgan fingerprint density at radius 1 is 1.31 bits per heavy atom. The van der Waals surface area contributed by atoms with Crippen molar-refractivity contribution in [2.75, 3.05) is 7.11 Å². The zero-order chi connectivity index (χ0) is 12.1. The number of methoxy groups -OCH3 is 1. The van der Waals surface area contributed by atoms with Gasteiger partial charge in [-0.15, -0.1) is 0 Å². The van der Waals surface area contributed by atoms with Crippen LogP contribution in [0.2, 0.25) is 0 Å². The van der Waals surface area contributed by atoms with E-state index in [0.717, 1.165) is 6.08 Å². The Morgan fingerprint density at radius 2 is 2.00 bits per heavy atom. The van der Waals surface area contributed by atoms with Crippen molar-refractivity contribution < 1.29 is 24.5 Å². The van der Waals surface area contributed by atoms with Crippen LogP contribution in [0, 0.1) is 0 Å². The van der Waals surface area contributed by atoms with E-state index >= 15 is 0 Å². The fraction of sp³-hybridized carbons (Fsp3) is 0.0909. The third kappa shape index (κ3) is 2.84. The first-order valence-corrected chi connectivity index (χ1v) is 4.37. The summed E-state index contributed by atoms with van der Waals surface area (Å²) < 4.78 is 4.98. The van der Waals surface area contributed by atoms with Crippen LogP contribution in [-0.2, 0) is 4.79 Å². The highest BCUT2D eigenvalue weighted by atomic mass is 16.5. The van der Waals surface area contributed by atoms with Crippen molar-refractivity contribution in [2.45, 2.75) is 0 Å². The van der Waals surface area contributed by atoms with Crippen LogP contribution in [0.3, 0.4) is 0 Å². The lowest BCUT2D eigenvalue weighted by molar-refractivity contribution is -0.131. The first-order chi connectivity index (χ1) is 7.54. The largest absolute Gasteiger partial charge is 0.496 e. The Labute approximate surface area is 91.6 Å². The van der Waals surface area contributed by atoms with Gasteiger partial charge in [0.15, 0.2) is 0 Å². The minimum Gasteiger partial charge on any atom is -0.496 e. The van der Waals surface area contributed by atoms with E-state index in [1.807, 2.05) is 0 Å². The maximum atomic E-state index is 10.7. The molecule has 0 atom stereocenters. The summed E-state index contributed by atoms with van der Waals surface area (Å²) in [5.41, 5.74) is 0.482. The molecule has 0 bridgehead atoms. The highest BCUT2D eigenvalue weighted by Gasteiger charge is 2.07. The Kier molecular flexibility index (Phi) is 3.66. The Hall–Kier alpha value is -2.30. The standard InChI is InChI=1S/C11H10O5/c1-16-9-4-2-8(11(14)15)6-7(9)3-5-10(12)13/h2-6H,1H3,(H,12,13)(H,14,15). The molecule has 0 aromatic heterocycles. The van der Waals surface area contributed by atoms with E-state index in [2.05, 4.69) is 0 Å². The number of rotatable bonds is 4. The third-order valence-corrected chi connectivity index (χ3v) is 1.88. The molecule has 0 saturated heterocycles. The lowest BCUT2D eigenvalue weighted by Crippen LogP contribution is -1.98. The van der Waals surface area contributed by atoms with E-state index in [0.29, 0.717) is 11.3 Å². The first-order valence-electron chi connectivity index (χ1n) is 4.37. The van der Waals surface area contributed by atoms with Crippen LogP contribution in [0.15, 0.2) is 24.3 Å². The van der Waals surface area contributed by atoms with Crippen molar-refractivity contribution in [3.63, 3.8) is 0 Å². The van der Waals surface area contributed by atoms with Gasteiger partial charge in [-0.05, 0) is 24.3 Å². The summed E-state index contributed by atoms with van der Waals surface area (Å²) in [6.07, 6.45) is 2.21. The predicted molar refractivity (Wildman–Crippen MR) is 56.6 cm³/mol. The summed E-state index contributed by atoms with van der Waals surface area (Å²) in [7, 11) is 1.42. The van der Waals surface area contributed by atoms with Crippen molar-refractivity contribution in [1.82, 2.24) is 0 Å². The Balaban J connectivity index is 3.16. The van der Waals surface area contributed by atoms with E-state index in [1.165, 1.54) is 31.4 Å². The molecule has 16 heavy (non-hydrogen) atoms. The number of hydrogen-bond donors (Lipinski definition) is 2. The maximum Gasteiger partial charge on any atom is 0.335 e. The molecular formula is C11H10O5. The van der Waals surface area contributed by atoms with Crippen LogP contribution in [0.1, 0.15) is 15.9 Å². The van der Waals surface area contributed by atoms with E-state index in [9.17, 15) is 9.59 Å². The molecular weight excluding hydrogens is 212 g/mol. The molecule has 0 aliphatic carbocycles. The molecule has 0 heterocycles. The van der Waals surface area contributed by atoms with Gasteiger partial charge >= 0.3 is 11.9 Å². The van der Waals surface area contributed by atoms with Crippen molar-refractivity contribution in [2.24, 2.45) is 0 Å². The number of carbonyl (C=O) groups is 2. The molecule has 0 aliphatic rings. The monoisotopic (exact) mass is 222 g/mol. The SMILES string of the molecule is COc1ccc(C(=O)O)cc1C=CC(=O)O. The number of aliphatic carboxylic acids is 1.